The standard InChI is InChI=1S/C15H20N2O4S/c1-4-21-12-7-10(5-6-11(12)20-3)15-17(8-13(18)16-2)14(19)9-22-15/h5-7,15H,4,8-9H2,1-3H3,(H,16,18). The number of carbonyl (C=O) groups excluding carboxylic acids is 2. The largest absolute Gasteiger partial charge is 0.493 e. The Balaban J connectivity index is 2.27. The number of nitrogens with one attached hydrogen (secondary N) is 1. The highest BCUT2D eigenvalue weighted by atomic mass is 32.2. The van der Waals surface area contributed by atoms with Gasteiger partial charge in [0.2, 0.25) is 11.8 Å². The number of likely N-dealkylation sites (N-methyl/N-ethyl adjacent to an activating group) is 1. The Labute approximate surface area is 134 Å². The van der Waals surface area contributed by atoms with Crippen molar-refractivity contribution in [3.63, 3.8) is 0 Å². The number of hydrogen-bond donors (Lipinski definition) is 1. The van der Waals surface area contributed by atoms with Crippen LogP contribution in [0.5, 0.6) is 11.5 Å². The Bertz CT molecular complexity index is 564. The fourth-order valence-corrected chi connectivity index (χ4v) is 3.43. The van der Waals surface area contributed by atoms with Crippen molar-refractivity contribution in [3.05, 3.63) is 23.8 Å². The molecule has 1 aromatic rings. The number of carbonyl (C=O) groups is 2. The first-order valence-electron chi connectivity index (χ1n) is 7.03. The predicted octanol–water partition coefficient (Wildman–Crippen LogP) is 1.41. The van der Waals surface area contributed by atoms with Crippen LogP contribution in [0.4, 0.5) is 0 Å². The summed E-state index contributed by atoms with van der Waals surface area (Å²) in [4.78, 5) is 25.2. The third kappa shape index (κ3) is 3.47. The molecular formula is C15H20N2O4S. The van der Waals surface area contributed by atoms with E-state index in [0.717, 1.165) is 5.56 Å². The number of methoxy groups -OCH3 is 1. The molecule has 6 nitrogen and oxygen atoms in total. The van der Waals surface area contributed by atoms with Gasteiger partial charge in [0.1, 0.15) is 11.9 Å². The summed E-state index contributed by atoms with van der Waals surface area (Å²) in [5.74, 6) is 1.45. The Morgan fingerprint density at radius 3 is 2.86 bits per heavy atom. The lowest BCUT2D eigenvalue weighted by Crippen LogP contribution is -2.37. The van der Waals surface area contributed by atoms with E-state index in [1.165, 1.54) is 11.8 Å². The first-order chi connectivity index (χ1) is 10.6. The zero-order chi connectivity index (χ0) is 16.1. The van der Waals surface area contributed by atoms with E-state index in [0.29, 0.717) is 23.9 Å². The molecule has 2 rings (SSSR count). The van der Waals surface area contributed by atoms with Crippen LogP contribution in [0.2, 0.25) is 0 Å². The number of thioether (sulfide) groups is 1. The van der Waals surface area contributed by atoms with Crippen molar-refractivity contribution in [2.75, 3.05) is 33.1 Å². The molecule has 22 heavy (non-hydrogen) atoms. The number of rotatable bonds is 6. The maximum atomic E-state index is 12.0. The van der Waals surface area contributed by atoms with Gasteiger partial charge in [0.05, 0.1) is 19.5 Å². The first kappa shape index (κ1) is 16.5. The van der Waals surface area contributed by atoms with Gasteiger partial charge in [-0.15, -0.1) is 11.8 Å². The fourth-order valence-electron chi connectivity index (χ4n) is 2.25. The molecule has 0 bridgehead atoms. The molecule has 0 aromatic heterocycles. The molecule has 1 aromatic carbocycles. The summed E-state index contributed by atoms with van der Waals surface area (Å²) in [5.41, 5.74) is 0.920. The van der Waals surface area contributed by atoms with Crippen molar-refractivity contribution in [2.45, 2.75) is 12.3 Å². The maximum Gasteiger partial charge on any atom is 0.239 e. The maximum absolute atomic E-state index is 12.0. The minimum Gasteiger partial charge on any atom is -0.493 e. The number of nitrogens with zero attached hydrogens (tertiary/aromatic N) is 1. The van der Waals surface area contributed by atoms with Crippen LogP contribution >= 0.6 is 11.8 Å². The van der Waals surface area contributed by atoms with Gasteiger partial charge in [-0.1, -0.05) is 6.07 Å². The third-order valence-electron chi connectivity index (χ3n) is 3.33. The Hall–Kier alpha value is -1.89. The number of benzene rings is 1. The normalized spacial score (nSPS) is 17.5. The molecule has 1 heterocycles. The summed E-state index contributed by atoms with van der Waals surface area (Å²) in [5, 5.41) is 2.36. The molecule has 1 saturated heterocycles. The minimum atomic E-state index is -0.185. The van der Waals surface area contributed by atoms with E-state index in [4.69, 9.17) is 9.47 Å². The van der Waals surface area contributed by atoms with Gasteiger partial charge in [0.25, 0.3) is 0 Å². The number of hydrogen-bond acceptors (Lipinski definition) is 5. The van der Waals surface area contributed by atoms with Crippen LogP contribution in [0.15, 0.2) is 18.2 Å². The monoisotopic (exact) mass is 324 g/mol. The van der Waals surface area contributed by atoms with Gasteiger partial charge in [-0.3, -0.25) is 9.59 Å². The van der Waals surface area contributed by atoms with Gasteiger partial charge in [-0.25, -0.2) is 0 Å². The van der Waals surface area contributed by atoms with Crippen molar-refractivity contribution < 1.29 is 19.1 Å². The Morgan fingerprint density at radius 1 is 1.45 bits per heavy atom. The highest BCUT2D eigenvalue weighted by Gasteiger charge is 2.34. The molecule has 1 fully saturated rings. The van der Waals surface area contributed by atoms with Gasteiger partial charge in [0.15, 0.2) is 11.5 Å². The molecule has 120 valence electrons. The van der Waals surface area contributed by atoms with E-state index >= 15 is 0 Å². The third-order valence-corrected chi connectivity index (χ3v) is 4.59. The summed E-state index contributed by atoms with van der Waals surface area (Å²) in [6, 6.07) is 5.59. The highest BCUT2D eigenvalue weighted by Crippen LogP contribution is 2.41. The van der Waals surface area contributed by atoms with Crippen LogP contribution in [0.3, 0.4) is 0 Å². The van der Waals surface area contributed by atoms with Crippen molar-refractivity contribution in [3.8, 4) is 11.5 Å². The molecule has 0 aliphatic carbocycles. The fraction of sp³-hybridized carbons (Fsp3) is 0.467. The number of amides is 2. The van der Waals surface area contributed by atoms with Gasteiger partial charge in [-0.05, 0) is 24.6 Å². The van der Waals surface area contributed by atoms with Crippen LogP contribution in [-0.4, -0.2) is 49.8 Å². The summed E-state index contributed by atoms with van der Waals surface area (Å²) >= 11 is 1.50. The van der Waals surface area contributed by atoms with Crippen molar-refractivity contribution in [1.29, 1.82) is 0 Å². The minimum absolute atomic E-state index is 0.0348. The van der Waals surface area contributed by atoms with E-state index in [2.05, 4.69) is 5.32 Å². The van der Waals surface area contributed by atoms with Crippen molar-refractivity contribution >= 4 is 23.6 Å². The zero-order valence-corrected chi connectivity index (χ0v) is 13.7. The first-order valence-corrected chi connectivity index (χ1v) is 8.08. The lowest BCUT2D eigenvalue weighted by Gasteiger charge is -2.24. The van der Waals surface area contributed by atoms with Crippen LogP contribution in [0, 0.1) is 0 Å². The predicted molar refractivity (Wildman–Crippen MR) is 85.1 cm³/mol. The second-order valence-corrected chi connectivity index (χ2v) is 5.77. The second kappa shape index (κ2) is 7.40. The average molecular weight is 324 g/mol. The van der Waals surface area contributed by atoms with Gasteiger partial charge in [-0.2, -0.15) is 0 Å². The van der Waals surface area contributed by atoms with E-state index in [-0.39, 0.29) is 23.7 Å². The molecule has 0 spiro atoms. The SMILES string of the molecule is CCOc1cc(C2SCC(=O)N2CC(=O)NC)ccc1OC. The average Bonchev–Trinajstić information content (AvgIpc) is 2.88. The molecule has 1 N–H and O–H groups in total. The molecule has 1 unspecified atom stereocenters. The smallest absolute Gasteiger partial charge is 0.239 e. The van der Waals surface area contributed by atoms with E-state index in [1.54, 1.807) is 19.1 Å². The summed E-state index contributed by atoms with van der Waals surface area (Å²) < 4.78 is 10.8. The summed E-state index contributed by atoms with van der Waals surface area (Å²) in [7, 11) is 3.15. The summed E-state index contributed by atoms with van der Waals surface area (Å²) in [6.45, 7) is 2.49. The quantitative estimate of drug-likeness (QED) is 0.857. The van der Waals surface area contributed by atoms with Crippen LogP contribution in [0.1, 0.15) is 17.9 Å². The molecule has 1 aliphatic heterocycles. The van der Waals surface area contributed by atoms with E-state index in [9.17, 15) is 9.59 Å². The van der Waals surface area contributed by atoms with Crippen molar-refractivity contribution in [2.24, 2.45) is 0 Å². The highest BCUT2D eigenvalue weighted by molar-refractivity contribution is 8.00. The van der Waals surface area contributed by atoms with Crippen LogP contribution in [-0.2, 0) is 9.59 Å². The molecule has 0 saturated carbocycles. The van der Waals surface area contributed by atoms with Crippen LogP contribution in [0.25, 0.3) is 0 Å². The van der Waals surface area contributed by atoms with E-state index < -0.39 is 0 Å². The Kier molecular flexibility index (Phi) is 5.54. The Morgan fingerprint density at radius 2 is 2.23 bits per heavy atom. The molecule has 7 heteroatoms. The molecule has 1 atom stereocenters. The second-order valence-electron chi connectivity index (χ2n) is 4.70. The van der Waals surface area contributed by atoms with E-state index in [1.807, 2.05) is 25.1 Å². The number of ether oxygens (including phenoxy) is 2. The van der Waals surface area contributed by atoms with Gasteiger partial charge in [0, 0.05) is 7.05 Å². The van der Waals surface area contributed by atoms with Crippen molar-refractivity contribution in [1.82, 2.24) is 10.2 Å². The molecular weight excluding hydrogens is 304 g/mol. The lowest BCUT2D eigenvalue weighted by atomic mass is 10.1. The topological polar surface area (TPSA) is 67.9 Å². The zero-order valence-electron chi connectivity index (χ0n) is 12.9. The lowest BCUT2D eigenvalue weighted by molar-refractivity contribution is -0.133. The molecule has 2 amide bonds. The van der Waals surface area contributed by atoms with Crippen LogP contribution < -0.4 is 14.8 Å². The van der Waals surface area contributed by atoms with Gasteiger partial charge < -0.3 is 19.7 Å². The molecule has 1 aliphatic rings. The summed E-state index contributed by atoms with van der Waals surface area (Å²) in [6.07, 6.45) is 0. The molecule has 0 radical (unpaired) electrons. The van der Waals surface area contributed by atoms with Gasteiger partial charge >= 0.3 is 0 Å².